The van der Waals surface area contributed by atoms with Gasteiger partial charge in [0, 0.05) is 12.6 Å². The van der Waals surface area contributed by atoms with Crippen LogP contribution in [0, 0.1) is 11.7 Å². The Labute approximate surface area is 122 Å². The number of nitrogens with two attached hydrogens (primary N) is 1. The lowest BCUT2D eigenvalue weighted by molar-refractivity contribution is 0.179. The van der Waals surface area contributed by atoms with Crippen LogP contribution >= 0.6 is 0 Å². The van der Waals surface area contributed by atoms with E-state index in [2.05, 4.69) is 18.7 Å². The normalized spacial score (nSPS) is 16.4. The number of halogens is 1. The molecule has 0 aliphatic heterocycles. The number of nitrogen functional groups attached to an aromatic ring is 1. The topological polar surface area (TPSA) is 29.3 Å². The van der Waals surface area contributed by atoms with Crippen molar-refractivity contribution in [3.8, 4) is 0 Å². The largest absolute Gasteiger partial charge is 0.396 e. The van der Waals surface area contributed by atoms with Crippen molar-refractivity contribution in [2.24, 2.45) is 5.92 Å². The third kappa shape index (κ3) is 4.20. The van der Waals surface area contributed by atoms with Crippen molar-refractivity contribution in [3.05, 3.63) is 29.6 Å². The molecule has 20 heavy (non-hydrogen) atoms. The summed E-state index contributed by atoms with van der Waals surface area (Å²) >= 11 is 0. The van der Waals surface area contributed by atoms with Crippen molar-refractivity contribution in [2.45, 2.75) is 58.5 Å². The Kier molecular flexibility index (Phi) is 5.41. The van der Waals surface area contributed by atoms with Gasteiger partial charge >= 0.3 is 0 Å². The fraction of sp³-hybridized carbons (Fsp3) is 0.647. The first-order chi connectivity index (χ1) is 9.56. The molecule has 1 fully saturated rings. The van der Waals surface area contributed by atoms with Crippen molar-refractivity contribution >= 4 is 5.69 Å². The van der Waals surface area contributed by atoms with Crippen molar-refractivity contribution in [1.29, 1.82) is 0 Å². The summed E-state index contributed by atoms with van der Waals surface area (Å²) in [6.45, 7) is 6.47. The molecule has 0 unspecified atom stereocenters. The third-order valence-corrected chi connectivity index (χ3v) is 4.29. The molecule has 0 bridgehead atoms. The van der Waals surface area contributed by atoms with Crippen LogP contribution in [0.3, 0.4) is 0 Å². The maximum Gasteiger partial charge on any atom is 0.146 e. The second kappa shape index (κ2) is 7.07. The zero-order valence-corrected chi connectivity index (χ0v) is 12.7. The van der Waals surface area contributed by atoms with Gasteiger partial charge in [0.25, 0.3) is 0 Å². The van der Waals surface area contributed by atoms with Crippen LogP contribution < -0.4 is 5.73 Å². The Morgan fingerprint density at radius 1 is 1.30 bits per heavy atom. The van der Waals surface area contributed by atoms with E-state index in [0.29, 0.717) is 12.0 Å². The maximum absolute atomic E-state index is 13.6. The molecular weight excluding hydrogens is 251 g/mol. The minimum Gasteiger partial charge on any atom is -0.396 e. The van der Waals surface area contributed by atoms with E-state index in [-0.39, 0.29) is 11.5 Å². The van der Waals surface area contributed by atoms with Crippen LogP contribution in [0.4, 0.5) is 10.1 Å². The fourth-order valence-corrected chi connectivity index (χ4v) is 2.99. The Bertz CT molecular complexity index is 425. The minimum atomic E-state index is -0.294. The predicted octanol–water partition coefficient (Wildman–Crippen LogP) is 4.20. The Morgan fingerprint density at radius 2 is 2.00 bits per heavy atom. The first-order valence-electron chi connectivity index (χ1n) is 7.84. The summed E-state index contributed by atoms with van der Waals surface area (Å²) in [4.78, 5) is 2.54. The van der Waals surface area contributed by atoms with E-state index in [4.69, 9.17) is 5.73 Å². The highest BCUT2D eigenvalue weighted by Crippen LogP contribution is 2.26. The van der Waals surface area contributed by atoms with Gasteiger partial charge in [-0.05, 0) is 49.4 Å². The zero-order chi connectivity index (χ0) is 14.5. The van der Waals surface area contributed by atoms with Gasteiger partial charge in [-0.1, -0.05) is 32.8 Å². The van der Waals surface area contributed by atoms with E-state index >= 15 is 0 Å². The van der Waals surface area contributed by atoms with Gasteiger partial charge in [0.05, 0.1) is 5.69 Å². The summed E-state index contributed by atoms with van der Waals surface area (Å²) in [5.74, 6) is 0.416. The quantitative estimate of drug-likeness (QED) is 0.790. The first-order valence-corrected chi connectivity index (χ1v) is 7.84. The molecule has 112 valence electrons. The van der Waals surface area contributed by atoms with E-state index in [0.717, 1.165) is 18.7 Å². The van der Waals surface area contributed by atoms with Crippen LogP contribution in [-0.2, 0) is 6.54 Å². The second-order valence-electron chi connectivity index (χ2n) is 6.45. The fourth-order valence-electron chi connectivity index (χ4n) is 2.99. The molecule has 0 heterocycles. The minimum absolute atomic E-state index is 0.239. The number of rotatable bonds is 6. The molecule has 1 saturated carbocycles. The van der Waals surface area contributed by atoms with Crippen molar-refractivity contribution in [3.63, 3.8) is 0 Å². The number of hydrogen-bond donors (Lipinski definition) is 1. The molecule has 3 heteroatoms. The van der Waals surface area contributed by atoms with E-state index in [1.165, 1.54) is 32.1 Å². The summed E-state index contributed by atoms with van der Waals surface area (Å²) in [5.41, 5.74) is 6.83. The first kappa shape index (κ1) is 15.3. The molecule has 0 atom stereocenters. The van der Waals surface area contributed by atoms with Gasteiger partial charge in [-0.15, -0.1) is 0 Å². The number of benzene rings is 1. The molecule has 1 aromatic carbocycles. The van der Waals surface area contributed by atoms with Gasteiger partial charge in [0.2, 0.25) is 0 Å². The SMILES string of the molecule is CC(C)CCN(Cc1ccc(N)c(F)c1)C1CCCC1. The maximum atomic E-state index is 13.6. The van der Waals surface area contributed by atoms with Crippen LogP contribution in [0.1, 0.15) is 51.5 Å². The number of hydrogen-bond acceptors (Lipinski definition) is 2. The molecule has 1 aliphatic rings. The number of anilines is 1. The van der Waals surface area contributed by atoms with Gasteiger partial charge in [0.1, 0.15) is 5.82 Å². The van der Waals surface area contributed by atoms with Gasteiger partial charge in [-0.25, -0.2) is 4.39 Å². The molecule has 1 aliphatic carbocycles. The lowest BCUT2D eigenvalue weighted by atomic mass is 10.1. The Balaban J connectivity index is 2.03. The summed E-state index contributed by atoms with van der Waals surface area (Å²) in [6.07, 6.45) is 6.44. The number of nitrogens with zero attached hydrogens (tertiary/aromatic N) is 1. The third-order valence-electron chi connectivity index (χ3n) is 4.29. The Morgan fingerprint density at radius 3 is 2.60 bits per heavy atom. The van der Waals surface area contributed by atoms with Gasteiger partial charge in [-0.2, -0.15) is 0 Å². The van der Waals surface area contributed by atoms with Crippen molar-refractivity contribution in [2.75, 3.05) is 12.3 Å². The molecule has 2 rings (SSSR count). The molecule has 0 saturated heterocycles. The summed E-state index contributed by atoms with van der Waals surface area (Å²) in [5, 5.41) is 0. The van der Waals surface area contributed by atoms with Crippen molar-refractivity contribution in [1.82, 2.24) is 4.90 Å². The van der Waals surface area contributed by atoms with E-state index < -0.39 is 0 Å². The van der Waals surface area contributed by atoms with E-state index in [1.807, 2.05) is 6.07 Å². The highest BCUT2D eigenvalue weighted by molar-refractivity contribution is 5.41. The van der Waals surface area contributed by atoms with Gasteiger partial charge < -0.3 is 5.73 Å². The summed E-state index contributed by atoms with van der Waals surface area (Å²) in [7, 11) is 0. The molecule has 0 aromatic heterocycles. The van der Waals surface area contributed by atoms with Crippen LogP contribution in [0.5, 0.6) is 0 Å². The molecule has 1 aromatic rings. The van der Waals surface area contributed by atoms with Crippen molar-refractivity contribution < 1.29 is 4.39 Å². The van der Waals surface area contributed by atoms with Crippen LogP contribution in [-0.4, -0.2) is 17.5 Å². The monoisotopic (exact) mass is 278 g/mol. The van der Waals surface area contributed by atoms with E-state index in [1.54, 1.807) is 12.1 Å². The highest BCUT2D eigenvalue weighted by atomic mass is 19.1. The summed E-state index contributed by atoms with van der Waals surface area (Å²) in [6, 6.07) is 5.90. The average molecular weight is 278 g/mol. The van der Waals surface area contributed by atoms with Gasteiger partial charge in [0.15, 0.2) is 0 Å². The molecule has 0 spiro atoms. The lowest BCUT2D eigenvalue weighted by Crippen LogP contribution is -2.34. The standard InChI is InChI=1S/C17H27FN2/c1-13(2)9-10-20(15-5-3-4-6-15)12-14-7-8-17(19)16(18)11-14/h7-8,11,13,15H,3-6,9-10,12,19H2,1-2H3. The molecule has 2 nitrogen and oxygen atoms in total. The van der Waals surface area contributed by atoms with Gasteiger partial charge in [-0.3, -0.25) is 4.90 Å². The lowest BCUT2D eigenvalue weighted by Gasteiger charge is -2.29. The van der Waals surface area contributed by atoms with Crippen LogP contribution in [0.25, 0.3) is 0 Å². The zero-order valence-electron chi connectivity index (χ0n) is 12.7. The molecular formula is C17H27FN2. The molecule has 0 radical (unpaired) electrons. The second-order valence-corrected chi connectivity index (χ2v) is 6.45. The average Bonchev–Trinajstić information content (AvgIpc) is 2.92. The Hall–Kier alpha value is -1.09. The van der Waals surface area contributed by atoms with E-state index in [9.17, 15) is 4.39 Å². The predicted molar refractivity (Wildman–Crippen MR) is 82.9 cm³/mol. The highest BCUT2D eigenvalue weighted by Gasteiger charge is 2.22. The summed E-state index contributed by atoms with van der Waals surface area (Å²) < 4.78 is 13.6. The van der Waals surface area contributed by atoms with Crippen LogP contribution in [0.2, 0.25) is 0 Å². The molecule has 0 amide bonds. The van der Waals surface area contributed by atoms with Crippen LogP contribution in [0.15, 0.2) is 18.2 Å². The smallest absolute Gasteiger partial charge is 0.146 e. The molecule has 2 N–H and O–H groups in total.